The maximum atomic E-state index is 13.8. The molecule has 0 spiro atoms. The summed E-state index contributed by atoms with van der Waals surface area (Å²) in [6, 6.07) is 4.45. The highest BCUT2D eigenvalue weighted by molar-refractivity contribution is 7.15. The largest absolute Gasteiger partial charge is 0.443 e. The zero-order valence-corrected chi connectivity index (χ0v) is 12.1. The summed E-state index contributed by atoms with van der Waals surface area (Å²) in [5.74, 6) is -0.549. The Labute approximate surface area is 123 Å². The van der Waals surface area contributed by atoms with E-state index in [0.717, 1.165) is 24.7 Å². The second-order valence-electron chi connectivity index (χ2n) is 4.52. The van der Waals surface area contributed by atoms with Crippen molar-refractivity contribution in [2.24, 2.45) is 0 Å². The van der Waals surface area contributed by atoms with E-state index in [9.17, 15) is 17.6 Å². The van der Waals surface area contributed by atoms with Crippen LogP contribution in [0.25, 0.3) is 10.4 Å². The minimum atomic E-state index is -4.50. The summed E-state index contributed by atoms with van der Waals surface area (Å²) < 4.78 is 51.5. The van der Waals surface area contributed by atoms with Crippen LogP contribution in [0.2, 0.25) is 0 Å². The van der Waals surface area contributed by atoms with E-state index in [2.05, 4.69) is 10.3 Å². The van der Waals surface area contributed by atoms with E-state index in [1.165, 1.54) is 6.07 Å². The maximum absolute atomic E-state index is 13.8. The highest BCUT2D eigenvalue weighted by atomic mass is 32.1. The molecule has 114 valence electrons. The van der Waals surface area contributed by atoms with Crippen molar-refractivity contribution in [3.05, 3.63) is 40.8 Å². The van der Waals surface area contributed by atoms with Crippen molar-refractivity contribution < 1.29 is 17.6 Å². The normalized spacial score (nSPS) is 11.9. The minimum Gasteiger partial charge on any atom is -0.313 e. The molecule has 0 saturated heterocycles. The predicted molar refractivity (Wildman–Crippen MR) is 74.5 cm³/mol. The van der Waals surface area contributed by atoms with Gasteiger partial charge < -0.3 is 5.32 Å². The van der Waals surface area contributed by atoms with Crippen molar-refractivity contribution in [3.8, 4) is 10.4 Å². The molecule has 0 amide bonds. The van der Waals surface area contributed by atoms with Crippen LogP contribution in [0, 0.1) is 5.82 Å². The lowest BCUT2D eigenvalue weighted by atomic mass is 10.1. The van der Waals surface area contributed by atoms with E-state index < -0.39 is 17.0 Å². The molecule has 2 nitrogen and oxygen atoms in total. The molecule has 2 rings (SSSR count). The van der Waals surface area contributed by atoms with Crippen LogP contribution in [0.15, 0.2) is 24.4 Å². The van der Waals surface area contributed by atoms with Crippen molar-refractivity contribution in [1.82, 2.24) is 10.3 Å². The smallest absolute Gasteiger partial charge is 0.313 e. The van der Waals surface area contributed by atoms with Crippen molar-refractivity contribution >= 4 is 11.3 Å². The first-order valence-electron chi connectivity index (χ1n) is 6.44. The van der Waals surface area contributed by atoms with E-state index in [1.807, 2.05) is 6.92 Å². The van der Waals surface area contributed by atoms with Crippen LogP contribution in [-0.4, -0.2) is 11.5 Å². The van der Waals surface area contributed by atoms with Crippen molar-refractivity contribution in [2.75, 3.05) is 6.54 Å². The highest BCUT2D eigenvalue weighted by Gasteiger charge is 2.34. The minimum absolute atomic E-state index is 0.152. The van der Waals surface area contributed by atoms with Gasteiger partial charge in [0, 0.05) is 18.3 Å². The number of benzene rings is 1. The maximum Gasteiger partial charge on any atom is 0.443 e. The van der Waals surface area contributed by atoms with Crippen LogP contribution in [0.4, 0.5) is 17.6 Å². The molecule has 0 fully saturated rings. The van der Waals surface area contributed by atoms with Crippen molar-refractivity contribution in [1.29, 1.82) is 0 Å². The molecule has 0 aliphatic carbocycles. The summed E-state index contributed by atoms with van der Waals surface area (Å²) >= 11 is 0.448. The Bertz CT molecular complexity index is 607. The average molecular weight is 318 g/mol. The summed E-state index contributed by atoms with van der Waals surface area (Å²) in [7, 11) is 0. The van der Waals surface area contributed by atoms with Crippen LogP contribution in [-0.2, 0) is 12.7 Å². The number of halogens is 4. The Morgan fingerprint density at radius 2 is 2.05 bits per heavy atom. The Morgan fingerprint density at radius 3 is 2.67 bits per heavy atom. The van der Waals surface area contributed by atoms with Gasteiger partial charge in [0.15, 0.2) is 5.01 Å². The lowest BCUT2D eigenvalue weighted by Gasteiger charge is -2.06. The summed E-state index contributed by atoms with van der Waals surface area (Å²) in [6.07, 6.45) is -2.47. The number of thiazole rings is 1. The van der Waals surface area contributed by atoms with Crippen LogP contribution in [0.1, 0.15) is 23.9 Å². The zero-order chi connectivity index (χ0) is 15.5. The Kier molecular flexibility index (Phi) is 4.95. The average Bonchev–Trinajstić information content (AvgIpc) is 2.90. The molecule has 21 heavy (non-hydrogen) atoms. The molecular weight excluding hydrogens is 304 g/mol. The molecule has 0 unspecified atom stereocenters. The Balaban J connectivity index is 2.26. The van der Waals surface area contributed by atoms with Crippen molar-refractivity contribution in [3.63, 3.8) is 0 Å². The number of nitrogens with zero attached hydrogens (tertiary/aromatic N) is 1. The molecule has 1 N–H and O–H groups in total. The van der Waals surface area contributed by atoms with E-state index in [0.29, 0.717) is 17.9 Å². The zero-order valence-electron chi connectivity index (χ0n) is 11.3. The molecule has 0 aliphatic heterocycles. The van der Waals surface area contributed by atoms with Crippen LogP contribution >= 0.6 is 11.3 Å². The first kappa shape index (κ1) is 15.9. The quantitative estimate of drug-likeness (QED) is 0.650. The SMILES string of the molecule is CCCNCc1ccc(F)c(-c2cnc(C(F)(F)F)s2)c1. The fraction of sp³-hybridized carbons (Fsp3) is 0.357. The third-order valence-corrected chi connectivity index (χ3v) is 3.88. The number of hydrogen-bond acceptors (Lipinski definition) is 3. The molecule has 0 atom stereocenters. The molecule has 1 heterocycles. The van der Waals surface area contributed by atoms with Crippen LogP contribution < -0.4 is 5.32 Å². The number of nitrogens with one attached hydrogen (secondary N) is 1. The van der Waals surface area contributed by atoms with Gasteiger partial charge in [0.05, 0.1) is 4.88 Å². The third-order valence-electron chi connectivity index (χ3n) is 2.80. The molecule has 0 saturated carbocycles. The molecule has 2 aromatic rings. The van der Waals surface area contributed by atoms with E-state index in [-0.39, 0.29) is 10.4 Å². The lowest BCUT2D eigenvalue weighted by Crippen LogP contribution is -2.13. The van der Waals surface area contributed by atoms with Gasteiger partial charge in [0.1, 0.15) is 5.82 Å². The standard InChI is InChI=1S/C14H14F4N2S/c1-2-5-19-7-9-3-4-11(15)10(6-9)12-8-20-13(21-12)14(16,17)18/h3-4,6,8,19H,2,5,7H2,1H3. The summed E-state index contributed by atoms with van der Waals surface area (Å²) in [6.45, 7) is 3.40. The molecule has 0 radical (unpaired) electrons. The topological polar surface area (TPSA) is 24.9 Å². The summed E-state index contributed by atoms with van der Waals surface area (Å²) in [5.41, 5.74) is 0.973. The first-order valence-corrected chi connectivity index (χ1v) is 7.26. The lowest BCUT2D eigenvalue weighted by molar-refractivity contribution is -0.137. The molecule has 1 aromatic heterocycles. The number of aromatic nitrogens is 1. The Morgan fingerprint density at radius 1 is 1.29 bits per heavy atom. The van der Waals surface area contributed by atoms with E-state index >= 15 is 0 Å². The van der Waals surface area contributed by atoms with Gasteiger partial charge in [-0.1, -0.05) is 13.0 Å². The van der Waals surface area contributed by atoms with E-state index in [1.54, 1.807) is 12.1 Å². The molecule has 0 bridgehead atoms. The van der Waals surface area contributed by atoms with Gasteiger partial charge in [-0.25, -0.2) is 9.37 Å². The second-order valence-corrected chi connectivity index (χ2v) is 5.55. The molecule has 1 aromatic carbocycles. The van der Waals surface area contributed by atoms with Gasteiger partial charge in [-0.05, 0) is 30.7 Å². The highest BCUT2D eigenvalue weighted by Crippen LogP contribution is 2.37. The summed E-state index contributed by atoms with van der Waals surface area (Å²) in [5, 5.41) is 2.20. The number of rotatable bonds is 5. The second kappa shape index (κ2) is 6.53. The van der Waals surface area contributed by atoms with Gasteiger partial charge in [-0.3, -0.25) is 0 Å². The summed E-state index contributed by atoms with van der Waals surface area (Å²) in [4.78, 5) is 3.50. The molecular formula is C14H14F4N2S. The van der Waals surface area contributed by atoms with Gasteiger partial charge in [0.25, 0.3) is 0 Å². The third kappa shape index (κ3) is 4.01. The fourth-order valence-corrected chi connectivity index (χ4v) is 2.61. The van der Waals surface area contributed by atoms with E-state index in [4.69, 9.17) is 0 Å². The predicted octanol–water partition coefficient (Wildman–Crippen LogP) is 4.47. The van der Waals surface area contributed by atoms with Gasteiger partial charge in [-0.2, -0.15) is 13.2 Å². The van der Waals surface area contributed by atoms with Crippen molar-refractivity contribution in [2.45, 2.75) is 26.1 Å². The van der Waals surface area contributed by atoms with Gasteiger partial charge >= 0.3 is 6.18 Å². The van der Waals surface area contributed by atoms with Crippen LogP contribution in [0.5, 0.6) is 0 Å². The van der Waals surface area contributed by atoms with Gasteiger partial charge in [-0.15, -0.1) is 11.3 Å². The first-order chi connectivity index (χ1) is 9.91. The van der Waals surface area contributed by atoms with Crippen LogP contribution in [0.3, 0.4) is 0 Å². The monoisotopic (exact) mass is 318 g/mol. The molecule has 0 aliphatic rings. The van der Waals surface area contributed by atoms with Gasteiger partial charge in [0.2, 0.25) is 0 Å². The fourth-order valence-electron chi connectivity index (χ4n) is 1.81. The number of hydrogen-bond donors (Lipinski definition) is 1. The molecule has 7 heteroatoms. The number of alkyl halides is 3. The Hall–Kier alpha value is -1.47.